The van der Waals surface area contributed by atoms with Gasteiger partial charge in [-0.25, -0.2) is 4.79 Å². The highest BCUT2D eigenvalue weighted by Gasteiger charge is 2.36. The topological polar surface area (TPSA) is 76.0 Å². The van der Waals surface area contributed by atoms with E-state index < -0.39 is 17.8 Å². The number of benzene rings is 2. The van der Waals surface area contributed by atoms with Crippen LogP contribution >= 0.6 is 11.8 Å². The Morgan fingerprint density at radius 1 is 1.07 bits per heavy atom. The van der Waals surface area contributed by atoms with E-state index in [4.69, 9.17) is 0 Å². The molecule has 2 aromatic carbocycles. The Labute approximate surface area is 160 Å². The lowest BCUT2D eigenvalue weighted by Gasteiger charge is -2.17. The number of amidine groups is 1. The van der Waals surface area contributed by atoms with Crippen molar-refractivity contribution in [1.82, 2.24) is 0 Å². The average molecular weight is 380 g/mol. The predicted molar refractivity (Wildman–Crippen MR) is 105 cm³/mol. The van der Waals surface area contributed by atoms with Crippen LogP contribution in [0.1, 0.15) is 15.9 Å². The van der Waals surface area contributed by atoms with Crippen LogP contribution in [-0.2, 0) is 14.3 Å². The number of thioether (sulfide) groups is 1. The highest BCUT2D eigenvalue weighted by molar-refractivity contribution is 8.19. The Morgan fingerprint density at radius 2 is 1.74 bits per heavy atom. The molecule has 1 aliphatic heterocycles. The second-order valence-corrected chi connectivity index (χ2v) is 6.64. The SMILES string of the molecule is COC(=O)/C=C1\SC(=NC(=O)c2ccccc2)N(c2ccccc2C)C1=O. The summed E-state index contributed by atoms with van der Waals surface area (Å²) in [5.41, 5.74) is 1.85. The fraction of sp³-hybridized carbons (Fsp3) is 0.100. The van der Waals surface area contributed by atoms with Gasteiger partial charge in [-0.2, -0.15) is 4.99 Å². The van der Waals surface area contributed by atoms with E-state index in [-0.39, 0.29) is 10.1 Å². The third kappa shape index (κ3) is 3.98. The number of hydrogen-bond donors (Lipinski definition) is 0. The number of carbonyl (C=O) groups is 3. The Balaban J connectivity index is 2.06. The summed E-state index contributed by atoms with van der Waals surface area (Å²) in [7, 11) is 1.23. The maximum absolute atomic E-state index is 12.9. The molecule has 1 aliphatic rings. The maximum Gasteiger partial charge on any atom is 0.331 e. The van der Waals surface area contributed by atoms with Crippen molar-refractivity contribution in [2.24, 2.45) is 4.99 Å². The van der Waals surface area contributed by atoms with Gasteiger partial charge < -0.3 is 4.74 Å². The lowest BCUT2D eigenvalue weighted by Crippen LogP contribution is -2.30. The van der Waals surface area contributed by atoms with Crippen molar-refractivity contribution in [3.63, 3.8) is 0 Å². The number of aliphatic imine (C=N–C) groups is 1. The lowest BCUT2D eigenvalue weighted by molar-refractivity contribution is -0.135. The van der Waals surface area contributed by atoms with Crippen LogP contribution in [0.3, 0.4) is 0 Å². The van der Waals surface area contributed by atoms with Crippen LogP contribution in [0.15, 0.2) is 70.6 Å². The highest BCUT2D eigenvalue weighted by atomic mass is 32.2. The highest BCUT2D eigenvalue weighted by Crippen LogP contribution is 2.36. The molecule has 136 valence electrons. The minimum Gasteiger partial charge on any atom is -0.466 e. The molecule has 7 heteroatoms. The van der Waals surface area contributed by atoms with Gasteiger partial charge in [-0.1, -0.05) is 36.4 Å². The van der Waals surface area contributed by atoms with Crippen LogP contribution in [0.4, 0.5) is 5.69 Å². The number of ether oxygens (including phenoxy) is 1. The van der Waals surface area contributed by atoms with E-state index in [2.05, 4.69) is 9.73 Å². The predicted octanol–water partition coefficient (Wildman–Crippen LogP) is 3.33. The van der Waals surface area contributed by atoms with Gasteiger partial charge in [-0.3, -0.25) is 14.5 Å². The Bertz CT molecular complexity index is 967. The summed E-state index contributed by atoms with van der Waals surface area (Å²) in [6.07, 6.45) is 1.10. The van der Waals surface area contributed by atoms with Crippen molar-refractivity contribution in [3.05, 3.63) is 76.7 Å². The first-order valence-electron chi connectivity index (χ1n) is 8.07. The first kappa shape index (κ1) is 18.6. The number of esters is 1. The van der Waals surface area contributed by atoms with E-state index in [9.17, 15) is 14.4 Å². The quantitative estimate of drug-likeness (QED) is 0.603. The van der Waals surface area contributed by atoms with E-state index in [1.54, 1.807) is 42.5 Å². The van der Waals surface area contributed by atoms with E-state index >= 15 is 0 Å². The van der Waals surface area contributed by atoms with Gasteiger partial charge in [-0.05, 0) is 42.4 Å². The number of carbonyl (C=O) groups excluding carboxylic acids is 3. The van der Waals surface area contributed by atoms with Crippen LogP contribution < -0.4 is 4.90 Å². The summed E-state index contributed by atoms with van der Waals surface area (Å²) in [6, 6.07) is 15.8. The van der Waals surface area contributed by atoms with Crippen LogP contribution in [0.2, 0.25) is 0 Å². The Morgan fingerprint density at radius 3 is 2.41 bits per heavy atom. The second-order valence-electron chi connectivity index (χ2n) is 5.63. The first-order chi connectivity index (χ1) is 13.0. The number of aryl methyl sites for hydroxylation is 1. The summed E-state index contributed by atoms with van der Waals surface area (Å²) in [6.45, 7) is 1.85. The third-order valence-corrected chi connectivity index (χ3v) is 4.80. The molecule has 27 heavy (non-hydrogen) atoms. The fourth-order valence-electron chi connectivity index (χ4n) is 2.47. The molecular weight excluding hydrogens is 364 g/mol. The molecule has 0 bridgehead atoms. The second kappa shape index (κ2) is 8.01. The van der Waals surface area contributed by atoms with Crippen LogP contribution in [0.25, 0.3) is 0 Å². The number of anilines is 1. The fourth-order valence-corrected chi connectivity index (χ4v) is 3.41. The van der Waals surface area contributed by atoms with E-state index in [0.717, 1.165) is 23.4 Å². The van der Waals surface area contributed by atoms with Gasteiger partial charge in [0.1, 0.15) is 0 Å². The molecule has 1 heterocycles. The molecule has 0 spiro atoms. The molecule has 1 saturated heterocycles. The van der Waals surface area contributed by atoms with Crippen molar-refractivity contribution >= 4 is 40.4 Å². The molecule has 0 saturated carbocycles. The van der Waals surface area contributed by atoms with Crippen molar-refractivity contribution in [3.8, 4) is 0 Å². The van der Waals surface area contributed by atoms with Crippen molar-refractivity contribution in [2.45, 2.75) is 6.92 Å². The number of methoxy groups -OCH3 is 1. The summed E-state index contributed by atoms with van der Waals surface area (Å²) in [4.78, 5) is 42.6. The molecule has 0 aliphatic carbocycles. The van der Waals surface area contributed by atoms with Gasteiger partial charge >= 0.3 is 5.97 Å². The Hall–Kier alpha value is -3.19. The zero-order chi connectivity index (χ0) is 19.4. The van der Waals surface area contributed by atoms with Gasteiger partial charge in [0.2, 0.25) is 0 Å². The molecule has 0 radical (unpaired) electrons. The molecule has 0 unspecified atom stereocenters. The summed E-state index contributed by atoms with van der Waals surface area (Å²) < 4.78 is 4.60. The van der Waals surface area contributed by atoms with E-state index in [1.165, 1.54) is 12.0 Å². The summed E-state index contributed by atoms with van der Waals surface area (Å²) >= 11 is 0.963. The van der Waals surface area contributed by atoms with Gasteiger partial charge in [0.05, 0.1) is 17.7 Å². The molecule has 3 rings (SSSR count). The monoisotopic (exact) mass is 380 g/mol. The maximum atomic E-state index is 12.9. The molecule has 6 nitrogen and oxygen atoms in total. The average Bonchev–Trinajstić information content (AvgIpc) is 2.97. The summed E-state index contributed by atoms with van der Waals surface area (Å²) in [5.74, 6) is -1.55. The number of hydrogen-bond acceptors (Lipinski definition) is 5. The van der Waals surface area contributed by atoms with Gasteiger partial charge in [0.25, 0.3) is 11.8 Å². The van der Waals surface area contributed by atoms with Crippen molar-refractivity contribution in [1.29, 1.82) is 0 Å². The number of para-hydroxylation sites is 1. The minimum absolute atomic E-state index is 0.143. The van der Waals surface area contributed by atoms with Crippen LogP contribution in [-0.4, -0.2) is 30.1 Å². The molecule has 0 aromatic heterocycles. The normalized spacial score (nSPS) is 16.8. The molecule has 2 aromatic rings. The Kier molecular flexibility index (Phi) is 5.52. The number of nitrogens with zero attached hydrogens (tertiary/aromatic N) is 2. The molecule has 0 N–H and O–H groups in total. The van der Waals surface area contributed by atoms with Gasteiger partial charge in [0.15, 0.2) is 5.17 Å². The van der Waals surface area contributed by atoms with Crippen molar-refractivity contribution < 1.29 is 19.1 Å². The van der Waals surface area contributed by atoms with Crippen molar-refractivity contribution in [2.75, 3.05) is 12.0 Å². The minimum atomic E-state index is -0.647. The van der Waals surface area contributed by atoms with E-state index in [0.29, 0.717) is 11.3 Å². The molecule has 0 atom stereocenters. The van der Waals surface area contributed by atoms with Crippen LogP contribution in [0, 0.1) is 6.92 Å². The number of rotatable bonds is 3. The number of amides is 2. The molecule has 1 fully saturated rings. The van der Waals surface area contributed by atoms with E-state index in [1.807, 2.05) is 19.1 Å². The zero-order valence-corrected chi connectivity index (χ0v) is 15.5. The largest absolute Gasteiger partial charge is 0.466 e. The van der Waals surface area contributed by atoms with Gasteiger partial charge in [0, 0.05) is 11.6 Å². The lowest BCUT2D eigenvalue weighted by atomic mass is 10.2. The molecule has 2 amide bonds. The zero-order valence-electron chi connectivity index (χ0n) is 14.7. The van der Waals surface area contributed by atoms with Gasteiger partial charge in [-0.15, -0.1) is 0 Å². The standard InChI is InChI=1S/C20H16N2O4S/c1-13-8-6-7-11-15(13)22-19(25)16(12-17(23)26-2)27-20(22)21-18(24)14-9-4-3-5-10-14/h3-12H,1-2H3/b16-12-,21-20?. The first-order valence-corrected chi connectivity index (χ1v) is 8.88. The smallest absolute Gasteiger partial charge is 0.331 e. The summed E-state index contributed by atoms with van der Waals surface area (Å²) in [5, 5.41) is 0.193. The molecular formula is C20H16N2O4S. The van der Waals surface area contributed by atoms with Crippen LogP contribution in [0.5, 0.6) is 0 Å². The third-order valence-electron chi connectivity index (χ3n) is 3.83.